The van der Waals surface area contributed by atoms with Crippen LogP contribution in [0.5, 0.6) is 5.75 Å². The van der Waals surface area contributed by atoms with Gasteiger partial charge in [0.15, 0.2) is 0 Å². The zero-order valence-corrected chi connectivity index (χ0v) is 23.5. The number of ether oxygens (including phenoxy) is 3. The van der Waals surface area contributed by atoms with Crippen molar-refractivity contribution >= 4 is 11.9 Å². The van der Waals surface area contributed by atoms with Crippen molar-refractivity contribution in [2.75, 3.05) is 13.2 Å². The Balaban J connectivity index is 1.66. The maximum Gasteiger partial charge on any atom is 0.345 e. The third kappa shape index (κ3) is 4.32. The lowest BCUT2D eigenvalue weighted by molar-refractivity contribution is -0.263. The predicted octanol–water partition coefficient (Wildman–Crippen LogP) is 3.43. The third-order valence-corrected chi connectivity index (χ3v) is 10.1. The number of hydrogen-bond donors (Lipinski definition) is 2. The van der Waals surface area contributed by atoms with Gasteiger partial charge in [0, 0.05) is 42.3 Å². The van der Waals surface area contributed by atoms with Gasteiger partial charge in [-0.3, -0.25) is 9.78 Å². The first-order valence-electron chi connectivity index (χ1n) is 13.7. The van der Waals surface area contributed by atoms with Crippen LogP contribution in [0.3, 0.4) is 0 Å². The summed E-state index contributed by atoms with van der Waals surface area (Å²) >= 11 is 0. The van der Waals surface area contributed by atoms with Gasteiger partial charge in [-0.2, -0.15) is 0 Å². The van der Waals surface area contributed by atoms with Crippen molar-refractivity contribution in [1.82, 2.24) is 4.98 Å². The molecule has 2 fully saturated rings. The molecule has 5 rings (SSSR count). The minimum atomic E-state index is -1.29. The SMILES string of the molecule is CC(=O)OCC1(C)C2C[C@H](OC(=O)CO)[C@@]3(C)Oc4cc(-c5cccnc5)oc(=O)c4[C@H](O)C3[C@@]2(C)CC[C@@H]1C. The van der Waals surface area contributed by atoms with E-state index in [1.54, 1.807) is 37.5 Å². The Labute approximate surface area is 232 Å². The fourth-order valence-corrected chi connectivity index (χ4v) is 7.89. The average Bonchev–Trinajstić information content (AvgIpc) is 2.91. The molecule has 0 aromatic carbocycles. The van der Waals surface area contributed by atoms with E-state index < -0.39 is 52.8 Å². The van der Waals surface area contributed by atoms with E-state index in [0.29, 0.717) is 18.4 Å². The van der Waals surface area contributed by atoms with Crippen molar-refractivity contribution in [3.63, 3.8) is 0 Å². The molecule has 40 heavy (non-hydrogen) atoms. The zero-order valence-electron chi connectivity index (χ0n) is 23.5. The van der Waals surface area contributed by atoms with Crippen molar-refractivity contribution in [2.24, 2.45) is 28.6 Å². The summed E-state index contributed by atoms with van der Waals surface area (Å²) in [5.74, 6) is -1.52. The van der Waals surface area contributed by atoms with Gasteiger partial charge in [-0.05, 0) is 55.6 Å². The number of aliphatic hydroxyl groups excluding tert-OH is 2. The summed E-state index contributed by atoms with van der Waals surface area (Å²) < 4.78 is 23.6. The molecule has 3 aliphatic rings. The molecule has 0 saturated heterocycles. The van der Waals surface area contributed by atoms with E-state index in [2.05, 4.69) is 25.8 Å². The van der Waals surface area contributed by atoms with Crippen LogP contribution in [-0.4, -0.2) is 52.1 Å². The van der Waals surface area contributed by atoms with Crippen LogP contribution >= 0.6 is 0 Å². The minimum Gasteiger partial charge on any atom is -0.482 e. The molecular weight excluding hydrogens is 518 g/mol. The Hall–Kier alpha value is -3.24. The van der Waals surface area contributed by atoms with Gasteiger partial charge >= 0.3 is 17.6 Å². The molecule has 2 N–H and O–H groups in total. The van der Waals surface area contributed by atoms with Crippen LogP contribution in [0.2, 0.25) is 0 Å². The highest BCUT2D eigenvalue weighted by Crippen LogP contribution is 2.68. The van der Waals surface area contributed by atoms with Crippen LogP contribution in [0.1, 0.15) is 65.5 Å². The maximum absolute atomic E-state index is 13.4. The van der Waals surface area contributed by atoms with Gasteiger partial charge in [-0.15, -0.1) is 0 Å². The molecule has 8 atom stereocenters. The van der Waals surface area contributed by atoms with Gasteiger partial charge in [-0.25, -0.2) is 9.59 Å². The summed E-state index contributed by atoms with van der Waals surface area (Å²) in [7, 11) is 0. The lowest BCUT2D eigenvalue weighted by Crippen LogP contribution is -2.70. The second-order valence-corrected chi connectivity index (χ2v) is 12.3. The van der Waals surface area contributed by atoms with Crippen LogP contribution in [0.4, 0.5) is 0 Å². The van der Waals surface area contributed by atoms with Crippen molar-refractivity contribution in [2.45, 2.75) is 71.7 Å². The third-order valence-electron chi connectivity index (χ3n) is 10.1. The summed E-state index contributed by atoms with van der Waals surface area (Å²) in [6.45, 7) is 8.77. The average molecular weight is 556 g/mol. The van der Waals surface area contributed by atoms with Crippen molar-refractivity contribution in [1.29, 1.82) is 0 Å². The highest BCUT2D eigenvalue weighted by molar-refractivity contribution is 5.70. The Morgan fingerprint density at radius 3 is 2.65 bits per heavy atom. The molecule has 0 bridgehead atoms. The first-order chi connectivity index (χ1) is 18.8. The molecule has 10 heteroatoms. The number of aliphatic hydroxyl groups is 2. The molecule has 10 nitrogen and oxygen atoms in total. The highest BCUT2D eigenvalue weighted by atomic mass is 16.6. The number of aromatic nitrogens is 1. The van der Waals surface area contributed by atoms with Crippen molar-refractivity contribution in [3.8, 4) is 17.1 Å². The number of nitrogens with zero attached hydrogens (tertiary/aromatic N) is 1. The number of pyridine rings is 1. The lowest BCUT2D eigenvalue weighted by atomic mass is 9.41. The van der Waals surface area contributed by atoms with Crippen LogP contribution in [0.15, 0.2) is 39.8 Å². The van der Waals surface area contributed by atoms with E-state index in [-0.39, 0.29) is 41.5 Å². The highest BCUT2D eigenvalue weighted by Gasteiger charge is 2.70. The first kappa shape index (κ1) is 28.3. The van der Waals surface area contributed by atoms with E-state index in [0.717, 1.165) is 6.42 Å². The lowest BCUT2D eigenvalue weighted by Gasteiger charge is -2.66. The van der Waals surface area contributed by atoms with E-state index in [9.17, 15) is 24.6 Å². The standard InChI is InChI=1S/C30H37NO9/c1-16-8-9-28(3)21(29(16,4)15-37-17(2)33)12-22(39-23(34)14-32)30(5)26(28)25(35)24-20(40-30)11-19(38-27(24)36)18-7-6-10-31-13-18/h6-7,10-11,13,16,21-22,25-26,32,35H,8-9,12,14-15H2,1-5H3/t16-,21?,22-,25-,26?,28-,29?,30+/m0/s1. The molecule has 2 aromatic rings. The molecule has 3 unspecified atom stereocenters. The Morgan fingerprint density at radius 2 is 2.00 bits per heavy atom. The van der Waals surface area contributed by atoms with Gasteiger partial charge in [0.25, 0.3) is 0 Å². The Bertz CT molecular complexity index is 1360. The molecular formula is C30H37NO9. The van der Waals surface area contributed by atoms with Crippen LogP contribution in [0.25, 0.3) is 11.3 Å². The van der Waals surface area contributed by atoms with E-state index >= 15 is 0 Å². The number of fused-ring (bicyclic) bond motifs is 4. The number of carbonyl (C=O) groups excluding carboxylic acids is 2. The van der Waals surface area contributed by atoms with E-state index in [1.165, 1.54) is 6.92 Å². The molecule has 3 heterocycles. The van der Waals surface area contributed by atoms with Crippen LogP contribution in [0, 0.1) is 28.6 Å². The number of rotatable bonds is 5. The summed E-state index contributed by atoms with van der Waals surface area (Å²) in [6, 6.07) is 5.02. The van der Waals surface area contributed by atoms with E-state index in [1.807, 2.05) is 0 Å². The topological polar surface area (TPSA) is 145 Å². The number of hydrogen-bond acceptors (Lipinski definition) is 10. The molecule has 2 saturated carbocycles. The molecule has 0 amide bonds. The van der Waals surface area contributed by atoms with E-state index in [4.69, 9.17) is 18.6 Å². The second-order valence-electron chi connectivity index (χ2n) is 12.3. The summed E-state index contributed by atoms with van der Waals surface area (Å²) in [6.07, 6.45) is 2.87. The Morgan fingerprint density at radius 1 is 1.25 bits per heavy atom. The number of esters is 2. The molecule has 2 aliphatic carbocycles. The van der Waals surface area contributed by atoms with Crippen LogP contribution < -0.4 is 10.4 Å². The second kappa shape index (κ2) is 9.99. The molecule has 216 valence electrons. The van der Waals surface area contributed by atoms with Crippen molar-refractivity contribution < 1.29 is 38.4 Å². The van der Waals surface area contributed by atoms with Crippen molar-refractivity contribution in [3.05, 3.63) is 46.6 Å². The largest absolute Gasteiger partial charge is 0.482 e. The van der Waals surface area contributed by atoms with Crippen LogP contribution in [-0.2, 0) is 19.1 Å². The maximum atomic E-state index is 13.4. The Kier molecular flexibility index (Phi) is 7.07. The molecule has 0 spiro atoms. The predicted molar refractivity (Wildman–Crippen MR) is 142 cm³/mol. The summed E-state index contributed by atoms with van der Waals surface area (Å²) in [5, 5.41) is 21.5. The van der Waals surface area contributed by atoms with Gasteiger partial charge < -0.3 is 28.8 Å². The fraction of sp³-hybridized carbons (Fsp3) is 0.600. The fourth-order valence-electron chi connectivity index (χ4n) is 7.89. The number of carbonyl (C=O) groups is 2. The van der Waals surface area contributed by atoms with Gasteiger partial charge in [-0.1, -0.05) is 20.8 Å². The zero-order chi connectivity index (χ0) is 29.0. The molecule has 2 aromatic heterocycles. The minimum absolute atomic E-state index is 0.0181. The summed E-state index contributed by atoms with van der Waals surface area (Å²) in [4.78, 5) is 41.8. The quantitative estimate of drug-likeness (QED) is 0.526. The van der Waals surface area contributed by atoms with Gasteiger partial charge in [0.2, 0.25) is 0 Å². The molecule has 0 radical (unpaired) electrons. The first-order valence-corrected chi connectivity index (χ1v) is 13.7. The van der Waals surface area contributed by atoms with Gasteiger partial charge in [0.05, 0.1) is 12.7 Å². The normalized spacial score (nSPS) is 36.3. The monoisotopic (exact) mass is 555 g/mol. The molecule has 1 aliphatic heterocycles. The van der Waals surface area contributed by atoms with Gasteiger partial charge in [0.1, 0.15) is 35.4 Å². The smallest absolute Gasteiger partial charge is 0.345 e. The summed E-state index contributed by atoms with van der Waals surface area (Å²) in [5.41, 5.74) is -2.49.